The zero-order chi connectivity index (χ0) is 19.5. The molecule has 5 nitrogen and oxygen atoms in total. The van der Waals surface area contributed by atoms with Gasteiger partial charge in [-0.2, -0.15) is 0 Å². The number of halogens is 1. The molecule has 1 aliphatic carbocycles. The van der Waals surface area contributed by atoms with E-state index in [1.54, 1.807) is 0 Å². The average Bonchev–Trinajstić information content (AvgIpc) is 2.68. The molecule has 0 spiro atoms. The third kappa shape index (κ3) is 7.88. The molecule has 0 bridgehead atoms. The van der Waals surface area contributed by atoms with Crippen LogP contribution in [0.2, 0.25) is 0 Å². The summed E-state index contributed by atoms with van der Waals surface area (Å²) in [6.07, 6.45) is 7.35. The molecule has 6 heteroatoms. The van der Waals surface area contributed by atoms with E-state index in [0.29, 0.717) is 18.3 Å². The van der Waals surface area contributed by atoms with Crippen LogP contribution < -0.4 is 10.1 Å². The van der Waals surface area contributed by atoms with Crippen molar-refractivity contribution in [1.82, 2.24) is 4.90 Å². The van der Waals surface area contributed by atoms with Gasteiger partial charge in [0.1, 0.15) is 11.9 Å². The molecule has 1 aromatic rings. The number of nitrogens with one attached hydrogen (secondary N) is 1. The summed E-state index contributed by atoms with van der Waals surface area (Å²) in [5.41, 5.74) is 0.711. The molecular weight excluding hydrogens is 376 g/mol. The number of likely N-dealkylation sites (N-methyl/N-ethyl adjacent to an activating group) is 1. The van der Waals surface area contributed by atoms with Crippen molar-refractivity contribution >= 4 is 24.2 Å². The van der Waals surface area contributed by atoms with Gasteiger partial charge in [0.15, 0.2) is 0 Å². The van der Waals surface area contributed by atoms with E-state index in [2.05, 4.69) is 31.0 Å². The molecule has 0 saturated heterocycles. The molecule has 0 heterocycles. The molecular formula is C22H37ClN2O3. The molecule has 1 fully saturated rings. The zero-order valence-electron chi connectivity index (χ0n) is 17.6. The number of ether oxygens (including phenoxy) is 2. The number of amides is 1. The molecule has 1 saturated carbocycles. The van der Waals surface area contributed by atoms with Gasteiger partial charge in [0.2, 0.25) is 0 Å². The van der Waals surface area contributed by atoms with E-state index in [1.165, 1.54) is 19.3 Å². The lowest BCUT2D eigenvalue weighted by molar-refractivity contribution is 0.0125. The van der Waals surface area contributed by atoms with Crippen LogP contribution in [0.4, 0.5) is 10.5 Å². The highest BCUT2D eigenvalue weighted by atomic mass is 35.5. The number of hydrogen-bond donors (Lipinski definition) is 1. The Morgan fingerprint density at radius 2 is 1.89 bits per heavy atom. The first kappa shape index (κ1) is 24.6. The Labute approximate surface area is 176 Å². The number of unbranched alkanes of at least 4 members (excludes halogenated alkanes) is 2. The minimum Gasteiger partial charge on any atom is -0.494 e. The summed E-state index contributed by atoms with van der Waals surface area (Å²) in [6.45, 7) is 9.19. The maximum absolute atomic E-state index is 12.4. The average molecular weight is 413 g/mol. The van der Waals surface area contributed by atoms with Gasteiger partial charge in [-0.1, -0.05) is 46.1 Å². The Morgan fingerprint density at radius 3 is 2.61 bits per heavy atom. The number of rotatable bonds is 10. The maximum atomic E-state index is 12.4. The first-order valence-corrected chi connectivity index (χ1v) is 10.6. The summed E-state index contributed by atoms with van der Waals surface area (Å²) >= 11 is 0. The summed E-state index contributed by atoms with van der Waals surface area (Å²) in [5.74, 6) is 0.780. The third-order valence-corrected chi connectivity index (χ3v) is 5.30. The van der Waals surface area contributed by atoms with Crippen molar-refractivity contribution in [1.29, 1.82) is 0 Å². The lowest BCUT2D eigenvalue weighted by Crippen LogP contribution is -2.47. The summed E-state index contributed by atoms with van der Waals surface area (Å²) in [5, 5.41) is 2.87. The molecule has 0 aromatic heterocycles. The van der Waals surface area contributed by atoms with Gasteiger partial charge in [-0.25, -0.2) is 4.79 Å². The predicted molar refractivity (Wildman–Crippen MR) is 118 cm³/mol. The van der Waals surface area contributed by atoms with Crippen molar-refractivity contribution < 1.29 is 14.3 Å². The molecule has 160 valence electrons. The second-order valence-corrected chi connectivity index (χ2v) is 7.23. The Balaban J connectivity index is 0.00000392. The van der Waals surface area contributed by atoms with Crippen LogP contribution in [0.5, 0.6) is 5.75 Å². The SMILES string of the molecule is CCCCCOc1cccc(NC(=O)OC2CCCCC2N(CC)CC)c1.Cl. The fourth-order valence-corrected chi connectivity index (χ4v) is 3.82. The fourth-order valence-electron chi connectivity index (χ4n) is 3.82. The van der Waals surface area contributed by atoms with Gasteiger partial charge >= 0.3 is 6.09 Å². The summed E-state index contributed by atoms with van der Waals surface area (Å²) < 4.78 is 11.6. The van der Waals surface area contributed by atoms with Gasteiger partial charge in [-0.3, -0.25) is 10.2 Å². The first-order chi connectivity index (χ1) is 13.2. The molecule has 1 N–H and O–H groups in total. The second-order valence-electron chi connectivity index (χ2n) is 7.23. The molecule has 28 heavy (non-hydrogen) atoms. The van der Waals surface area contributed by atoms with Crippen LogP contribution in [0.1, 0.15) is 65.7 Å². The van der Waals surface area contributed by atoms with Crippen molar-refractivity contribution in [3.8, 4) is 5.75 Å². The lowest BCUT2D eigenvalue weighted by Gasteiger charge is -2.38. The molecule has 2 rings (SSSR count). The van der Waals surface area contributed by atoms with E-state index in [0.717, 1.165) is 44.5 Å². The molecule has 0 aliphatic heterocycles. The highest BCUT2D eigenvalue weighted by Gasteiger charge is 2.31. The zero-order valence-corrected chi connectivity index (χ0v) is 18.4. The van der Waals surface area contributed by atoms with Gasteiger partial charge < -0.3 is 9.47 Å². The van der Waals surface area contributed by atoms with Crippen LogP contribution >= 0.6 is 12.4 Å². The van der Waals surface area contributed by atoms with Gasteiger partial charge in [-0.15, -0.1) is 12.4 Å². The predicted octanol–water partition coefficient (Wildman–Crippen LogP) is 5.88. The maximum Gasteiger partial charge on any atom is 0.411 e. The van der Waals surface area contributed by atoms with Crippen molar-refractivity contribution in [2.45, 2.75) is 77.9 Å². The van der Waals surface area contributed by atoms with Gasteiger partial charge in [0, 0.05) is 17.8 Å². The van der Waals surface area contributed by atoms with E-state index in [-0.39, 0.29) is 24.6 Å². The highest BCUT2D eigenvalue weighted by molar-refractivity contribution is 5.85. The van der Waals surface area contributed by atoms with Crippen molar-refractivity contribution in [2.75, 3.05) is 25.0 Å². The molecule has 2 unspecified atom stereocenters. The molecule has 2 atom stereocenters. The number of carbonyl (C=O) groups excluding carboxylic acids is 1. The third-order valence-electron chi connectivity index (χ3n) is 5.30. The summed E-state index contributed by atoms with van der Waals surface area (Å²) in [6, 6.07) is 7.86. The molecule has 1 amide bonds. The van der Waals surface area contributed by atoms with E-state index < -0.39 is 0 Å². The molecule has 1 aromatic carbocycles. The highest BCUT2D eigenvalue weighted by Crippen LogP contribution is 2.26. The van der Waals surface area contributed by atoms with Gasteiger partial charge in [-0.05, 0) is 50.9 Å². The van der Waals surface area contributed by atoms with E-state index in [4.69, 9.17) is 9.47 Å². The van der Waals surface area contributed by atoms with Crippen molar-refractivity contribution in [3.05, 3.63) is 24.3 Å². The number of hydrogen-bond acceptors (Lipinski definition) is 4. The van der Waals surface area contributed by atoms with Crippen molar-refractivity contribution in [2.24, 2.45) is 0 Å². The quantitative estimate of drug-likeness (QED) is 0.487. The van der Waals surface area contributed by atoms with Crippen LogP contribution in [0, 0.1) is 0 Å². The van der Waals surface area contributed by atoms with E-state index in [1.807, 2.05) is 24.3 Å². The molecule has 1 aliphatic rings. The Kier molecular flexibility index (Phi) is 12.0. The van der Waals surface area contributed by atoms with E-state index >= 15 is 0 Å². The minimum atomic E-state index is -0.373. The van der Waals surface area contributed by atoms with Crippen LogP contribution in [-0.2, 0) is 4.74 Å². The Hall–Kier alpha value is -1.46. The number of anilines is 1. The first-order valence-electron chi connectivity index (χ1n) is 10.6. The lowest BCUT2D eigenvalue weighted by atomic mass is 9.91. The topological polar surface area (TPSA) is 50.8 Å². The number of benzene rings is 1. The van der Waals surface area contributed by atoms with Gasteiger partial charge in [0.25, 0.3) is 0 Å². The largest absolute Gasteiger partial charge is 0.494 e. The normalized spacial score (nSPS) is 19.0. The monoisotopic (exact) mass is 412 g/mol. The van der Waals surface area contributed by atoms with Crippen LogP contribution in [0.15, 0.2) is 24.3 Å². The van der Waals surface area contributed by atoms with Crippen LogP contribution in [-0.4, -0.2) is 42.8 Å². The standard InChI is InChI=1S/C22H36N2O3.ClH/c1-4-7-10-16-26-19-13-11-12-18(17-19)23-22(25)27-21-15-9-8-14-20(21)24(5-2)6-3;/h11-13,17,20-21H,4-10,14-16H2,1-3H3,(H,23,25);1H. The Bertz CT molecular complexity index is 566. The second kappa shape index (κ2) is 13.7. The van der Waals surface area contributed by atoms with Crippen molar-refractivity contribution in [3.63, 3.8) is 0 Å². The fraction of sp³-hybridized carbons (Fsp3) is 0.682. The van der Waals surface area contributed by atoms with Crippen LogP contribution in [0.3, 0.4) is 0 Å². The summed E-state index contributed by atoms with van der Waals surface area (Å²) in [7, 11) is 0. The minimum absolute atomic E-state index is 0. The number of nitrogens with zero attached hydrogens (tertiary/aromatic N) is 1. The smallest absolute Gasteiger partial charge is 0.411 e. The van der Waals surface area contributed by atoms with Crippen LogP contribution in [0.25, 0.3) is 0 Å². The summed E-state index contributed by atoms with van der Waals surface area (Å²) in [4.78, 5) is 14.8. The molecule has 0 radical (unpaired) electrons. The Morgan fingerprint density at radius 1 is 1.14 bits per heavy atom. The number of carbonyl (C=O) groups is 1. The van der Waals surface area contributed by atoms with E-state index in [9.17, 15) is 4.79 Å². The van der Waals surface area contributed by atoms with Gasteiger partial charge in [0.05, 0.1) is 6.61 Å².